The smallest absolute Gasteiger partial charge is 0.187 e. The van der Waals surface area contributed by atoms with Gasteiger partial charge in [0.25, 0.3) is 0 Å². The fourth-order valence-corrected chi connectivity index (χ4v) is 2.35. The van der Waals surface area contributed by atoms with Crippen LogP contribution < -0.4 is 10.5 Å². The van der Waals surface area contributed by atoms with Gasteiger partial charge in [0.15, 0.2) is 11.6 Å². The van der Waals surface area contributed by atoms with Crippen molar-refractivity contribution in [3.63, 3.8) is 0 Å². The van der Waals surface area contributed by atoms with Crippen LogP contribution >= 0.6 is 0 Å². The average molecular weight is 324 g/mol. The topological polar surface area (TPSA) is 91.7 Å². The third-order valence-electron chi connectivity index (χ3n) is 3.64. The van der Waals surface area contributed by atoms with Gasteiger partial charge in [-0.25, -0.2) is 9.97 Å². The molecule has 0 saturated heterocycles. The molecule has 0 spiro atoms. The summed E-state index contributed by atoms with van der Waals surface area (Å²) in [6.07, 6.45) is 7.09. The van der Waals surface area contributed by atoms with E-state index in [4.69, 9.17) is 10.5 Å². The van der Waals surface area contributed by atoms with Gasteiger partial charge >= 0.3 is 0 Å². The van der Waals surface area contributed by atoms with Crippen LogP contribution in [0.2, 0.25) is 0 Å². The number of hydrogen-bond donors (Lipinski definition) is 1. The number of nitrogens with zero attached hydrogens (tertiary/aromatic N) is 5. The van der Waals surface area contributed by atoms with Gasteiger partial charge in [-0.3, -0.25) is 9.67 Å². The van der Waals surface area contributed by atoms with E-state index in [0.717, 1.165) is 16.8 Å². The highest BCUT2D eigenvalue weighted by atomic mass is 16.5. The Hall–Kier alpha value is -2.96. The van der Waals surface area contributed by atoms with E-state index in [1.54, 1.807) is 24.0 Å². The monoisotopic (exact) mass is 324 g/mol. The zero-order chi connectivity index (χ0) is 17.3. The molecule has 0 aliphatic heterocycles. The number of pyridine rings is 1. The molecule has 2 N–H and O–H groups in total. The summed E-state index contributed by atoms with van der Waals surface area (Å²) in [4.78, 5) is 12.8. The molecule has 3 aromatic rings. The molecule has 24 heavy (non-hydrogen) atoms. The molecular weight excluding hydrogens is 304 g/mol. The predicted molar refractivity (Wildman–Crippen MR) is 91.8 cm³/mol. The predicted octanol–water partition coefficient (Wildman–Crippen LogP) is 3.08. The van der Waals surface area contributed by atoms with Crippen LogP contribution in [0.4, 0.5) is 5.82 Å². The highest BCUT2D eigenvalue weighted by molar-refractivity contribution is 5.61. The molecule has 3 heterocycles. The first-order valence-electron chi connectivity index (χ1n) is 7.70. The molecule has 0 saturated carbocycles. The van der Waals surface area contributed by atoms with E-state index in [-0.39, 0.29) is 5.92 Å². The second-order valence-corrected chi connectivity index (χ2v) is 5.93. The SMILES string of the molecule is Cc1ncc(Oc2cc(-c3cnn(C)c3)ncc2C(C)C)c(N)n1. The van der Waals surface area contributed by atoms with Crippen molar-refractivity contribution < 1.29 is 4.74 Å². The maximum Gasteiger partial charge on any atom is 0.187 e. The Morgan fingerprint density at radius 1 is 1.12 bits per heavy atom. The van der Waals surface area contributed by atoms with Gasteiger partial charge < -0.3 is 10.5 Å². The van der Waals surface area contributed by atoms with Gasteiger partial charge in [-0.05, 0) is 12.8 Å². The van der Waals surface area contributed by atoms with Crippen LogP contribution in [0.5, 0.6) is 11.5 Å². The lowest BCUT2D eigenvalue weighted by Crippen LogP contribution is -2.02. The van der Waals surface area contributed by atoms with Gasteiger partial charge in [-0.15, -0.1) is 0 Å². The molecule has 0 aliphatic rings. The summed E-state index contributed by atoms with van der Waals surface area (Å²) < 4.78 is 7.74. The van der Waals surface area contributed by atoms with Crippen LogP contribution in [0.3, 0.4) is 0 Å². The van der Waals surface area contributed by atoms with E-state index in [9.17, 15) is 0 Å². The molecule has 7 heteroatoms. The second kappa shape index (κ2) is 6.27. The molecule has 0 unspecified atom stereocenters. The lowest BCUT2D eigenvalue weighted by atomic mass is 10.0. The van der Waals surface area contributed by atoms with Crippen LogP contribution in [-0.4, -0.2) is 24.7 Å². The number of nitrogen functional groups attached to an aromatic ring is 1. The van der Waals surface area contributed by atoms with Crippen molar-refractivity contribution in [2.24, 2.45) is 7.05 Å². The molecule has 0 bridgehead atoms. The van der Waals surface area contributed by atoms with Gasteiger partial charge in [-0.2, -0.15) is 5.10 Å². The summed E-state index contributed by atoms with van der Waals surface area (Å²) >= 11 is 0. The summed E-state index contributed by atoms with van der Waals surface area (Å²) in [5.41, 5.74) is 8.64. The number of rotatable bonds is 4. The number of anilines is 1. The fourth-order valence-electron chi connectivity index (χ4n) is 2.35. The standard InChI is InChI=1S/C17H20N6O/c1-10(2)13-7-20-14(12-6-21-23(4)9-12)5-15(13)24-16-8-19-11(3)22-17(16)18/h5-10H,1-4H3,(H2,18,19,22). The first kappa shape index (κ1) is 15.9. The minimum atomic E-state index is 0.253. The van der Waals surface area contributed by atoms with Crippen LogP contribution in [-0.2, 0) is 7.05 Å². The minimum Gasteiger partial charge on any atom is -0.451 e. The molecule has 3 rings (SSSR count). The van der Waals surface area contributed by atoms with E-state index in [2.05, 4.69) is 33.9 Å². The van der Waals surface area contributed by atoms with Crippen molar-refractivity contribution in [3.8, 4) is 22.8 Å². The van der Waals surface area contributed by atoms with Crippen molar-refractivity contribution in [2.75, 3.05) is 5.73 Å². The van der Waals surface area contributed by atoms with Crippen molar-refractivity contribution in [3.05, 3.63) is 42.2 Å². The normalized spacial score (nSPS) is 11.0. The first-order chi connectivity index (χ1) is 11.4. The van der Waals surface area contributed by atoms with Crippen molar-refractivity contribution in [1.82, 2.24) is 24.7 Å². The Bertz CT molecular complexity index is 871. The molecule has 7 nitrogen and oxygen atoms in total. The minimum absolute atomic E-state index is 0.253. The number of aromatic nitrogens is 5. The molecule has 0 fully saturated rings. The molecule has 0 aromatic carbocycles. The van der Waals surface area contributed by atoms with Gasteiger partial charge in [0.2, 0.25) is 0 Å². The summed E-state index contributed by atoms with van der Waals surface area (Å²) in [5, 5.41) is 4.18. The molecule has 0 radical (unpaired) electrons. The molecule has 3 aromatic heterocycles. The van der Waals surface area contributed by atoms with Crippen LogP contribution in [0.25, 0.3) is 11.3 Å². The van der Waals surface area contributed by atoms with E-state index in [1.165, 1.54) is 0 Å². The lowest BCUT2D eigenvalue weighted by molar-refractivity contribution is 0.469. The molecule has 124 valence electrons. The Balaban J connectivity index is 2.03. The Morgan fingerprint density at radius 3 is 2.54 bits per heavy atom. The van der Waals surface area contributed by atoms with Crippen molar-refractivity contribution in [2.45, 2.75) is 26.7 Å². The molecule has 0 amide bonds. The largest absolute Gasteiger partial charge is 0.451 e. The van der Waals surface area contributed by atoms with Crippen molar-refractivity contribution in [1.29, 1.82) is 0 Å². The van der Waals surface area contributed by atoms with Crippen LogP contribution in [0.1, 0.15) is 31.2 Å². The van der Waals surface area contributed by atoms with E-state index >= 15 is 0 Å². The quantitative estimate of drug-likeness (QED) is 0.793. The maximum absolute atomic E-state index is 6.01. The molecule has 0 aliphatic carbocycles. The Morgan fingerprint density at radius 2 is 1.92 bits per heavy atom. The van der Waals surface area contributed by atoms with Gasteiger partial charge in [0.05, 0.1) is 18.1 Å². The third kappa shape index (κ3) is 3.19. The number of hydrogen-bond acceptors (Lipinski definition) is 6. The third-order valence-corrected chi connectivity index (χ3v) is 3.64. The zero-order valence-electron chi connectivity index (χ0n) is 14.2. The van der Waals surface area contributed by atoms with Crippen LogP contribution in [0, 0.1) is 6.92 Å². The Labute approximate surface area is 140 Å². The highest BCUT2D eigenvalue weighted by Crippen LogP contribution is 2.34. The Kier molecular flexibility index (Phi) is 4.16. The van der Waals surface area contributed by atoms with E-state index in [0.29, 0.717) is 23.1 Å². The van der Waals surface area contributed by atoms with E-state index in [1.807, 2.05) is 25.5 Å². The second-order valence-electron chi connectivity index (χ2n) is 5.93. The molecular formula is C17H20N6O. The van der Waals surface area contributed by atoms with E-state index < -0.39 is 0 Å². The van der Waals surface area contributed by atoms with Gasteiger partial charge in [0, 0.05) is 36.6 Å². The molecule has 0 atom stereocenters. The van der Waals surface area contributed by atoms with Gasteiger partial charge in [-0.1, -0.05) is 13.8 Å². The number of nitrogens with two attached hydrogens (primary N) is 1. The van der Waals surface area contributed by atoms with Gasteiger partial charge in [0.1, 0.15) is 11.6 Å². The summed E-state index contributed by atoms with van der Waals surface area (Å²) in [5.74, 6) is 2.30. The van der Waals surface area contributed by atoms with Crippen LogP contribution in [0.15, 0.2) is 30.9 Å². The number of aryl methyl sites for hydroxylation is 2. The summed E-state index contributed by atoms with van der Waals surface area (Å²) in [7, 11) is 1.87. The lowest BCUT2D eigenvalue weighted by Gasteiger charge is -2.15. The zero-order valence-corrected chi connectivity index (χ0v) is 14.2. The average Bonchev–Trinajstić information content (AvgIpc) is 2.96. The maximum atomic E-state index is 6.01. The summed E-state index contributed by atoms with van der Waals surface area (Å²) in [6.45, 7) is 5.96. The first-order valence-corrected chi connectivity index (χ1v) is 7.70. The number of ether oxygens (including phenoxy) is 1. The summed E-state index contributed by atoms with van der Waals surface area (Å²) in [6, 6.07) is 1.89. The fraction of sp³-hybridized carbons (Fsp3) is 0.294. The highest BCUT2D eigenvalue weighted by Gasteiger charge is 2.14. The van der Waals surface area contributed by atoms with Crippen molar-refractivity contribution >= 4 is 5.82 Å².